The van der Waals surface area contributed by atoms with Crippen LogP contribution in [-0.2, 0) is 63.7 Å². The molecule has 5 rings (SSSR count). The fourth-order valence-electron chi connectivity index (χ4n) is 10.4. The van der Waals surface area contributed by atoms with Gasteiger partial charge in [0.2, 0.25) is 17.7 Å². The number of urea groups is 1. The number of anilines is 1. The number of hydroxylamine groups is 2. The Morgan fingerprint density at radius 2 is 1.67 bits per heavy atom. The predicted molar refractivity (Wildman–Crippen MR) is 344 cm³/mol. The van der Waals surface area contributed by atoms with E-state index in [0.717, 1.165) is 11.1 Å². The number of fused-ring (bicyclic) bond motifs is 5. The second-order valence-corrected chi connectivity index (χ2v) is 25.8. The van der Waals surface area contributed by atoms with E-state index in [9.17, 15) is 48.3 Å². The first-order valence-corrected chi connectivity index (χ1v) is 31.1. The van der Waals surface area contributed by atoms with Crippen molar-refractivity contribution in [2.24, 2.45) is 23.0 Å². The van der Waals surface area contributed by atoms with E-state index in [1.807, 2.05) is 26.8 Å². The molecule has 1 aromatic carbocycles. The largest absolute Gasteiger partial charge is 0.495 e. The maximum absolute atomic E-state index is 14.4. The second-order valence-electron chi connectivity index (χ2n) is 25.1. The van der Waals surface area contributed by atoms with E-state index in [1.165, 1.54) is 44.4 Å². The van der Waals surface area contributed by atoms with Crippen molar-refractivity contribution in [2.45, 2.75) is 180 Å². The Kier molecular flexibility index (Phi) is 26.8. The lowest BCUT2D eigenvalue weighted by molar-refractivity contribution is -0.205. The Balaban J connectivity index is 1.26. The van der Waals surface area contributed by atoms with Crippen LogP contribution in [0.3, 0.4) is 0 Å². The number of hydrogen-bond acceptors (Lipinski definition) is 18. The zero-order valence-corrected chi connectivity index (χ0v) is 56.2. The fraction of sp³-hybridized carbons (Fsp3) is 0.587. The molecule has 0 unspecified atom stereocenters. The highest BCUT2D eigenvalue weighted by molar-refractivity contribution is 7.80. The standard InChI is InChI=1S/C63H91ClN10O17S/c1-15-40(69-53(78)41(19-17-27-66-56(65)81)70-54(79)51(35(2)3)71-57(92)67-28-25-61(9,10)87-29-26-60(7,8)55(80)91-74-47(75)23-24-48(74)76)22-21-37(5)68-58(82)89-46-33-49(77)73(12)42-31-39(32-43(85-13)50(42)64)30-36(4)18-16-20-45(86-14)63(84)34-44(88-59(83)72-63)38(6)52-62(46,11)90-52/h15-16,18,20-22,31-32,35,38,41,44-46,51-52,84H,1,17,19,23-30,33-34H2,2-14H3,(H,68,82)(H,69,78)(H,70,79)(H,72,83)(H3,65,66,81)(H2,67,71,92)/b20-16+,36-18+,37-21+,40-22+/t38-,41+,44+,45-,46+,51+,52+,62+,63+/m1/s1. The van der Waals surface area contributed by atoms with Gasteiger partial charge in [-0.2, -0.15) is 0 Å². The first-order valence-electron chi connectivity index (χ1n) is 30.4. The minimum absolute atomic E-state index is 0.0173. The minimum Gasteiger partial charge on any atom is -0.495 e. The maximum Gasteiger partial charge on any atom is 0.411 e. The van der Waals surface area contributed by atoms with E-state index < -0.39 is 125 Å². The summed E-state index contributed by atoms with van der Waals surface area (Å²) in [5, 5.41) is 32.1. The van der Waals surface area contributed by atoms with Crippen molar-refractivity contribution in [3.8, 4) is 5.75 Å². The lowest BCUT2D eigenvalue weighted by atomic mass is 9.83. The monoisotopic (exact) mass is 1330 g/mol. The summed E-state index contributed by atoms with van der Waals surface area (Å²) in [6.45, 7) is 21.8. The molecule has 3 fully saturated rings. The number of allylic oxidation sites excluding steroid dienone is 7. The van der Waals surface area contributed by atoms with E-state index in [0.29, 0.717) is 35.9 Å². The van der Waals surface area contributed by atoms with E-state index in [2.05, 4.69) is 43.8 Å². The summed E-state index contributed by atoms with van der Waals surface area (Å²) in [6, 6.07) is 0.636. The number of carbonyl (C=O) groups excluding carboxylic acids is 9. The van der Waals surface area contributed by atoms with Crippen LogP contribution in [0.5, 0.6) is 5.75 Å². The lowest BCUT2D eigenvalue weighted by Gasteiger charge is -2.42. The van der Waals surface area contributed by atoms with Gasteiger partial charge < -0.3 is 75.6 Å². The van der Waals surface area contributed by atoms with Crippen LogP contribution in [0.4, 0.5) is 20.1 Å². The number of halogens is 1. The number of benzene rings is 1. The second kappa shape index (κ2) is 32.8. The third kappa shape index (κ3) is 20.9. The molecule has 92 heavy (non-hydrogen) atoms. The number of amides is 9. The normalized spacial score (nSPS) is 24.7. The number of nitrogens with one attached hydrogen (secondary N) is 7. The van der Waals surface area contributed by atoms with Crippen molar-refractivity contribution in [3.63, 3.8) is 0 Å². The smallest absolute Gasteiger partial charge is 0.411 e. The van der Waals surface area contributed by atoms with E-state index >= 15 is 0 Å². The number of primary amides is 1. The zero-order valence-electron chi connectivity index (χ0n) is 54.7. The van der Waals surface area contributed by atoms with Crippen LogP contribution in [0, 0.1) is 17.3 Å². The van der Waals surface area contributed by atoms with Crippen LogP contribution < -0.4 is 52.6 Å². The van der Waals surface area contributed by atoms with Gasteiger partial charge in [-0.25, -0.2) is 19.2 Å². The van der Waals surface area contributed by atoms with Gasteiger partial charge in [-0.3, -0.25) is 34.6 Å². The highest BCUT2D eigenvalue weighted by Gasteiger charge is 2.64. The highest BCUT2D eigenvalue weighted by Crippen LogP contribution is 2.49. The summed E-state index contributed by atoms with van der Waals surface area (Å²) < 4.78 is 35.5. The van der Waals surface area contributed by atoms with Gasteiger partial charge in [0, 0.05) is 70.4 Å². The molecular weight excluding hydrogens is 1240 g/mol. The Morgan fingerprint density at radius 3 is 2.30 bits per heavy atom. The SMILES string of the molecule is C=C/C(=C\C=C(/C)NC(=O)O[C@H]1CC(=O)N(C)c2cc(cc(OC)c2Cl)C/C(C)=C/C=C/[C@@H](OC)[C@@]2(O)C[C@H](OC(=O)N2)[C@@H](C)[C@@H]2O[C@@]12C)NC(=O)[C@H](CCCNC(N)=O)NC(=O)[C@@H](NC(=S)NCCC(C)(C)OCCC(C)(C)C(=O)ON1C(=O)CCC1=O)C(C)C. The fourth-order valence-corrected chi connectivity index (χ4v) is 11.0. The average molecular weight is 1330 g/mol. The van der Waals surface area contributed by atoms with Crippen LogP contribution in [0.25, 0.3) is 0 Å². The van der Waals surface area contributed by atoms with Gasteiger partial charge >= 0.3 is 24.2 Å². The molecule has 27 nitrogen and oxygen atoms in total. The molecule has 29 heteroatoms. The number of imide groups is 1. The van der Waals surface area contributed by atoms with E-state index in [-0.39, 0.29) is 79.1 Å². The molecule has 0 saturated carbocycles. The molecular formula is C63H91ClN10O17S. The third-order valence-electron chi connectivity index (χ3n) is 16.3. The maximum atomic E-state index is 14.4. The summed E-state index contributed by atoms with van der Waals surface area (Å²) in [6.07, 6.45) is 4.28. The molecule has 9 atom stereocenters. The first-order chi connectivity index (χ1) is 43.1. The van der Waals surface area contributed by atoms with Crippen LogP contribution in [0.2, 0.25) is 5.02 Å². The van der Waals surface area contributed by atoms with Gasteiger partial charge in [0.25, 0.3) is 11.8 Å². The number of hydrogen-bond donors (Lipinski definition) is 9. The zero-order chi connectivity index (χ0) is 68.6. The number of nitrogens with zero attached hydrogens (tertiary/aromatic N) is 2. The summed E-state index contributed by atoms with van der Waals surface area (Å²) in [5.74, 6) is -4.27. The van der Waals surface area contributed by atoms with Crippen molar-refractivity contribution in [3.05, 3.63) is 82.7 Å². The van der Waals surface area contributed by atoms with Crippen molar-refractivity contribution in [1.82, 2.24) is 42.3 Å². The molecule has 10 N–H and O–H groups in total. The van der Waals surface area contributed by atoms with Crippen molar-refractivity contribution in [2.75, 3.05) is 45.9 Å². The van der Waals surface area contributed by atoms with Gasteiger partial charge in [0.15, 0.2) is 10.8 Å². The topological polar surface area (TPSA) is 358 Å². The van der Waals surface area contributed by atoms with Crippen LogP contribution in [0.1, 0.15) is 126 Å². The van der Waals surface area contributed by atoms with Gasteiger partial charge in [-0.1, -0.05) is 62.8 Å². The molecule has 4 aliphatic rings. The van der Waals surface area contributed by atoms with E-state index in [1.54, 1.807) is 72.8 Å². The molecule has 0 aromatic heterocycles. The first kappa shape index (κ1) is 75.1. The molecule has 4 aliphatic heterocycles. The molecule has 0 aliphatic carbocycles. The van der Waals surface area contributed by atoms with Gasteiger partial charge in [-0.15, -0.1) is 5.06 Å². The number of rotatable bonds is 25. The summed E-state index contributed by atoms with van der Waals surface area (Å²) in [4.78, 5) is 124. The van der Waals surface area contributed by atoms with Crippen LogP contribution in [-0.4, -0.2) is 163 Å². The van der Waals surface area contributed by atoms with Gasteiger partial charge in [0.1, 0.15) is 46.8 Å². The van der Waals surface area contributed by atoms with Crippen molar-refractivity contribution in [1.29, 1.82) is 0 Å². The quantitative estimate of drug-likeness (QED) is 0.0190. The summed E-state index contributed by atoms with van der Waals surface area (Å²) in [5.41, 5.74) is 2.57. The Hall–Kier alpha value is -7.63. The van der Waals surface area contributed by atoms with Crippen LogP contribution in [0.15, 0.2) is 72.1 Å². The number of alkyl carbamates (subject to hydrolysis) is 2. The highest BCUT2D eigenvalue weighted by atomic mass is 35.5. The number of methoxy groups -OCH3 is 2. The summed E-state index contributed by atoms with van der Waals surface area (Å²) in [7, 11) is 4.39. The molecule has 1 aromatic rings. The number of thiocarbonyl (C=S) groups is 1. The molecule has 508 valence electrons. The minimum atomic E-state index is -1.91. The van der Waals surface area contributed by atoms with E-state index in [4.69, 9.17) is 62.8 Å². The number of nitrogens with two attached hydrogens (primary N) is 1. The van der Waals surface area contributed by atoms with Gasteiger partial charge in [0.05, 0.1) is 36.3 Å². The molecule has 0 spiro atoms. The number of carbonyl (C=O) groups is 9. The molecule has 4 heterocycles. The summed E-state index contributed by atoms with van der Waals surface area (Å²) >= 11 is 12.4. The van der Waals surface area contributed by atoms with Crippen molar-refractivity contribution >= 4 is 88.3 Å². The predicted octanol–water partition coefficient (Wildman–Crippen LogP) is 5.57. The number of aliphatic hydroxyl groups is 1. The molecule has 9 amide bonds. The third-order valence-corrected chi connectivity index (χ3v) is 16.9. The Morgan fingerprint density at radius 1 is 0.989 bits per heavy atom. The average Bonchev–Trinajstić information content (AvgIpc) is 1.56. The molecule has 0 radical (unpaired) electrons. The number of epoxide rings is 1. The molecule has 3 saturated heterocycles. The Labute approximate surface area is 547 Å². The molecule has 4 bridgehead atoms. The lowest BCUT2D eigenvalue weighted by Crippen LogP contribution is -2.63. The number of ether oxygens (including phenoxy) is 6. The Bertz CT molecular complexity index is 3060. The van der Waals surface area contributed by atoms with Crippen molar-refractivity contribution < 1.29 is 81.5 Å². The van der Waals surface area contributed by atoms with Crippen LogP contribution >= 0.6 is 23.8 Å². The van der Waals surface area contributed by atoms with Gasteiger partial charge in [-0.05, 0) is 135 Å².